The van der Waals surface area contributed by atoms with Crippen LogP contribution >= 0.6 is 0 Å². The number of nitrogens with zero attached hydrogens (tertiary/aromatic N) is 3. The molecule has 0 bridgehead atoms. The fourth-order valence-corrected chi connectivity index (χ4v) is 4.01. The number of amides is 1. The zero-order chi connectivity index (χ0) is 21.8. The Morgan fingerprint density at radius 3 is 2.48 bits per heavy atom. The quantitative estimate of drug-likeness (QED) is 0.652. The second-order valence-corrected chi connectivity index (χ2v) is 7.85. The van der Waals surface area contributed by atoms with Crippen LogP contribution in [0.1, 0.15) is 41.7 Å². The standard InChI is InChI=1S/C22H24F3N5O/c23-22(24,25)19-14-18(16-8-4-3-5-9-16)28-20-17(15-27-30(19)20)21(31)26-10-13-29-11-6-1-2-7-12-29/h3-5,8-9,14-15H,1-2,6-7,10-13H2,(H,26,31)/p+1. The average Bonchev–Trinajstić information content (AvgIpc) is 3.01. The van der Waals surface area contributed by atoms with Crippen LogP contribution in [0.2, 0.25) is 0 Å². The second kappa shape index (κ2) is 9.05. The molecule has 1 aliphatic heterocycles. The number of rotatable bonds is 5. The Labute approximate surface area is 178 Å². The number of aromatic nitrogens is 3. The summed E-state index contributed by atoms with van der Waals surface area (Å²) in [7, 11) is 0. The van der Waals surface area contributed by atoms with Gasteiger partial charge in [-0.05, 0) is 31.7 Å². The van der Waals surface area contributed by atoms with Gasteiger partial charge < -0.3 is 10.2 Å². The number of halogens is 3. The zero-order valence-electron chi connectivity index (χ0n) is 17.1. The first-order chi connectivity index (χ1) is 14.9. The molecule has 3 heterocycles. The maximum Gasteiger partial charge on any atom is 0.433 e. The number of alkyl halides is 3. The molecule has 3 aromatic rings. The SMILES string of the molecule is O=C(NCC[NH+]1CCCCCC1)c1cnn2c(C(F)(F)F)cc(-c3ccccc3)nc12. The van der Waals surface area contributed by atoms with Gasteiger partial charge in [-0.15, -0.1) is 0 Å². The van der Waals surface area contributed by atoms with Gasteiger partial charge in [-0.2, -0.15) is 18.3 Å². The van der Waals surface area contributed by atoms with Crippen LogP contribution in [0.25, 0.3) is 16.9 Å². The van der Waals surface area contributed by atoms with Crippen molar-refractivity contribution in [1.29, 1.82) is 0 Å². The van der Waals surface area contributed by atoms with E-state index in [1.807, 2.05) is 0 Å². The molecular weight excluding hydrogens is 407 g/mol. The molecule has 0 atom stereocenters. The van der Waals surface area contributed by atoms with Crippen molar-refractivity contribution in [2.45, 2.75) is 31.9 Å². The van der Waals surface area contributed by atoms with Gasteiger partial charge in [-0.25, -0.2) is 9.50 Å². The van der Waals surface area contributed by atoms with E-state index in [9.17, 15) is 18.0 Å². The van der Waals surface area contributed by atoms with Crippen molar-refractivity contribution in [3.05, 3.63) is 53.9 Å². The predicted octanol–water partition coefficient (Wildman–Crippen LogP) is 2.60. The summed E-state index contributed by atoms with van der Waals surface area (Å²) in [6.45, 7) is 3.42. The Bertz CT molecular complexity index is 1040. The van der Waals surface area contributed by atoms with Crippen LogP contribution in [-0.2, 0) is 6.18 Å². The largest absolute Gasteiger partial charge is 0.433 e. The van der Waals surface area contributed by atoms with E-state index in [0.717, 1.165) is 31.9 Å². The second-order valence-electron chi connectivity index (χ2n) is 7.85. The normalized spacial score (nSPS) is 15.7. The topological polar surface area (TPSA) is 63.7 Å². The molecule has 6 nitrogen and oxygen atoms in total. The molecule has 0 saturated carbocycles. The van der Waals surface area contributed by atoms with Crippen molar-refractivity contribution in [1.82, 2.24) is 19.9 Å². The van der Waals surface area contributed by atoms with Crippen LogP contribution in [0, 0.1) is 0 Å². The van der Waals surface area contributed by atoms with E-state index in [1.165, 1.54) is 30.6 Å². The van der Waals surface area contributed by atoms with Gasteiger partial charge >= 0.3 is 6.18 Å². The van der Waals surface area contributed by atoms with Crippen molar-refractivity contribution in [3.63, 3.8) is 0 Å². The number of fused-ring (bicyclic) bond motifs is 1. The third kappa shape index (κ3) is 4.87. The number of likely N-dealkylation sites (tertiary alicyclic amines) is 1. The van der Waals surface area contributed by atoms with E-state index in [2.05, 4.69) is 15.4 Å². The van der Waals surface area contributed by atoms with E-state index in [0.29, 0.717) is 16.6 Å². The monoisotopic (exact) mass is 432 g/mol. The highest BCUT2D eigenvalue weighted by atomic mass is 19.4. The molecule has 1 saturated heterocycles. The fourth-order valence-electron chi connectivity index (χ4n) is 4.01. The lowest BCUT2D eigenvalue weighted by Gasteiger charge is -2.17. The molecular formula is C22H25F3N5O+. The number of hydrogen-bond acceptors (Lipinski definition) is 3. The summed E-state index contributed by atoms with van der Waals surface area (Å²) in [6, 6.07) is 9.54. The lowest BCUT2D eigenvalue weighted by atomic mass is 10.1. The summed E-state index contributed by atoms with van der Waals surface area (Å²) in [6.07, 6.45) is 1.37. The Kier molecular flexibility index (Phi) is 6.22. The van der Waals surface area contributed by atoms with Crippen LogP contribution in [0.3, 0.4) is 0 Å². The van der Waals surface area contributed by atoms with E-state index >= 15 is 0 Å². The van der Waals surface area contributed by atoms with E-state index in [-0.39, 0.29) is 16.9 Å². The third-order valence-electron chi connectivity index (χ3n) is 5.65. The molecule has 1 amide bonds. The number of hydrogen-bond donors (Lipinski definition) is 2. The van der Waals surface area contributed by atoms with Gasteiger partial charge in [0.2, 0.25) is 0 Å². The number of benzene rings is 1. The molecule has 31 heavy (non-hydrogen) atoms. The molecule has 1 aromatic carbocycles. The maximum absolute atomic E-state index is 13.7. The first-order valence-corrected chi connectivity index (χ1v) is 10.6. The fraction of sp³-hybridized carbons (Fsp3) is 0.409. The van der Waals surface area contributed by atoms with Gasteiger partial charge in [-0.1, -0.05) is 30.3 Å². The Hall–Kier alpha value is -2.94. The lowest BCUT2D eigenvalue weighted by Crippen LogP contribution is -3.12. The summed E-state index contributed by atoms with van der Waals surface area (Å²) in [4.78, 5) is 18.5. The summed E-state index contributed by atoms with van der Waals surface area (Å²) in [5, 5.41) is 6.65. The Morgan fingerprint density at radius 2 is 1.81 bits per heavy atom. The van der Waals surface area contributed by atoms with Crippen molar-refractivity contribution in [2.75, 3.05) is 26.2 Å². The highest BCUT2D eigenvalue weighted by Crippen LogP contribution is 2.32. The number of quaternary nitrogens is 1. The molecule has 0 aliphatic carbocycles. The smallest absolute Gasteiger partial charge is 0.346 e. The molecule has 0 radical (unpaired) electrons. The van der Waals surface area contributed by atoms with Gasteiger partial charge in [-0.3, -0.25) is 4.79 Å². The van der Waals surface area contributed by atoms with E-state index in [1.54, 1.807) is 30.3 Å². The summed E-state index contributed by atoms with van der Waals surface area (Å²) >= 11 is 0. The first-order valence-electron chi connectivity index (χ1n) is 10.6. The average molecular weight is 432 g/mol. The van der Waals surface area contributed by atoms with Crippen LogP contribution in [0.15, 0.2) is 42.6 Å². The third-order valence-corrected chi connectivity index (χ3v) is 5.65. The summed E-state index contributed by atoms with van der Waals surface area (Å²) < 4.78 is 41.7. The van der Waals surface area contributed by atoms with E-state index in [4.69, 9.17) is 0 Å². The molecule has 4 rings (SSSR count). The lowest BCUT2D eigenvalue weighted by molar-refractivity contribution is -0.898. The van der Waals surface area contributed by atoms with Gasteiger partial charge in [0, 0.05) is 5.56 Å². The molecule has 9 heteroatoms. The first kappa shape index (κ1) is 21.3. The van der Waals surface area contributed by atoms with Gasteiger partial charge in [0.25, 0.3) is 5.91 Å². The predicted molar refractivity (Wildman–Crippen MR) is 110 cm³/mol. The molecule has 164 valence electrons. The van der Waals surface area contributed by atoms with Crippen molar-refractivity contribution in [3.8, 4) is 11.3 Å². The molecule has 1 aliphatic rings. The molecule has 0 spiro atoms. The molecule has 2 aromatic heterocycles. The number of carbonyl (C=O) groups is 1. The number of carbonyl (C=O) groups excluding carboxylic acids is 1. The van der Waals surface area contributed by atoms with Gasteiger partial charge in [0.15, 0.2) is 11.3 Å². The maximum atomic E-state index is 13.7. The van der Waals surface area contributed by atoms with Crippen molar-refractivity contribution < 1.29 is 22.9 Å². The van der Waals surface area contributed by atoms with Crippen LogP contribution in [-0.4, -0.2) is 46.7 Å². The highest BCUT2D eigenvalue weighted by molar-refractivity contribution is 5.99. The van der Waals surface area contributed by atoms with Gasteiger partial charge in [0.05, 0.1) is 38.1 Å². The minimum Gasteiger partial charge on any atom is -0.346 e. The van der Waals surface area contributed by atoms with Crippen LogP contribution in [0.4, 0.5) is 13.2 Å². The van der Waals surface area contributed by atoms with Crippen molar-refractivity contribution in [2.24, 2.45) is 0 Å². The summed E-state index contributed by atoms with van der Waals surface area (Å²) in [5.41, 5.74) is -0.358. The molecule has 1 fully saturated rings. The van der Waals surface area contributed by atoms with Crippen molar-refractivity contribution >= 4 is 11.6 Å². The zero-order valence-corrected chi connectivity index (χ0v) is 17.1. The summed E-state index contributed by atoms with van der Waals surface area (Å²) in [5.74, 6) is -0.463. The molecule has 2 N–H and O–H groups in total. The number of nitrogens with one attached hydrogen (secondary N) is 2. The minimum atomic E-state index is -4.64. The highest BCUT2D eigenvalue weighted by Gasteiger charge is 2.36. The minimum absolute atomic E-state index is 0.0362. The molecule has 0 unspecified atom stereocenters. The Balaban J connectivity index is 1.59. The van der Waals surface area contributed by atoms with Crippen LogP contribution < -0.4 is 10.2 Å². The Morgan fingerprint density at radius 1 is 1.10 bits per heavy atom. The van der Waals surface area contributed by atoms with Gasteiger partial charge in [0.1, 0.15) is 5.56 Å². The van der Waals surface area contributed by atoms with E-state index < -0.39 is 17.8 Å². The van der Waals surface area contributed by atoms with Crippen LogP contribution in [0.5, 0.6) is 0 Å².